The van der Waals surface area contributed by atoms with Crippen molar-refractivity contribution >= 4 is 28.6 Å². The van der Waals surface area contributed by atoms with E-state index in [1.54, 1.807) is 23.9 Å². The van der Waals surface area contributed by atoms with Gasteiger partial charge in [-0.3, -0.25) is 0 Å². The zero-order valence-electron chi connectivity index (χ0n) is 10.2. The highest BCUT2D eigenvalue weighted by Gasteiger charge is 2.11. The Balaban J connectivity index is 2.41. The topological polar surface area (TPSA) is 50.2 Å². The molecule has 3 nitrogen and oxygen atoms in total. The van der Waals surface area contributed by atoms with Crippen LogP contribution in [0.3, 0.4) is 0 Å². The van der Waals surface area contributed by atoms with Gasteiger partial charge in [0.1, 0.15) is 0 Å². The van der Waals surface area contributed by atoms with Crippen molar-refractivity contribution in [3.05, 3.63) is 35.9 Å². The number of hydrogen-bond acceptors (Lipinski definition) is 3. The fourth-order valence-corrected chi connectivity index (χ4v) is 2.73. The monoisotopic (exact) mass is 261 g/mol. The van der Waals surface area contributed by atoms with Crippen LogP contribution >= 0.6 is 11.8 Å². The average molecular weight is 261 g/mol. The largest absolute Gasteiger partial charge is 0.478 e. The highest BCUT2D eigenvalue weighted by molar-refractivity contribution is 7.99. The molecule has 2 rings (SSSR count). The summed E-state index contributed by atoms with van der Waals surface area (Å²) in [7, 11) is 0. The van der Waals surface area contributed by atoms with Crippen LogP contribution in [0.15, 0.2) is 35.4 Å². The van der Waals surface area contributed by atoms with Gasteiger partial charge in [-0.05, 0) is 24.3 Å². The zero-order chi connectivity index (χ0) is 13.0. The Kier molecular flexibility index (Phi) is 4.20. The van der Waals surface area contributed by atoms with Gasteiger partial charge >= 0.3 is 5.97 Å². The number of fused-ring (bicyclic) bond motifs is 1. The summed E-state index contributed by atoms with van der Waals surface area (Å²) in [6.07, 6.45) is 2.24. The smallest absolute Gasteiger partial charge is 0.336 e. The second-order valence-corrected chi connectivity index (χ2v) is 5.15. The summed E-state index contributed by atoms with van der Waals surface area (Å²) in [5, 5.41) is 10.7. The van der Waals surface area contributed by atoms with Crippen LogP contribution < -0.4 is 0 Å². The van der Waals surface area contributed by atoms with Crippen LogP contribution in [-0.2, 0) is 0 Å². The maximum Gasteiger partial charge on any atom is 0.336 e. The van der Waals surface area contributed by atoms with Crippen LogP contribution in [0.1, 0.15) is 30.1 Å². The minimum atomic E-state index is -0.897. The van der Waals surface area contributed by atoms with Crippen molar-refractivity contribution in [3.8, 4) is 0 Å². The van der Waals surface area contributed by atoms with E-state index in [9.17, 15) is 9.90 Å². The molecule has 2 aromatic rings. The molecular formula is C14H15NO2S. The lowest BCUT2D eigenvalue weighted by atomic mass is 10.1. The second-order valence-electron chi connectivity index (χ2n) is 4.03. The summed E-state index contributed by atoms with van der Waals surface area (Å²) in [6, 6.07) is 9.03. The molecule has 4 heteroatoms. The van der Waals surface area contributed by atoms with Crippen LogP contribution in [0.4, 0.5) is 0 Å². The van der Waals surface area contributed by atoms with E-state index in [-0.39, 0.29) is 0 Å². The fraction of sp³-hybridized carbons (Fsp3) is 0.286. The Hall–Kier alpha value is -1.55. The number of pyridine rings is 1. The molecule has 0 aliphatic heterocycles. The first-order chi connectivity index (χ1) is 8.72. The summed E-state index contributed by atoms with van der Waals surface area (Å²) in [5.74, 6) is 0.0758. The van der Waals surface area contributed by atoms with E-state index in [4.69, 9.17) is 0 Å². The molecule has 1 aromatic carbocycles. The first kappa shape index (κ1) is 12.9. The maximum absolute atomic E-state index is 11.3. The third-order valence-electron chi connectivity index (χ3n) is 2.67. The number of aromatic carboxylic acids is 1. The van der Waals surface area contributed by atoms with Crippen molar-refractivity contribution in [2.45, 2.75) is 24.8 Å². The van der Waals surface area contributed by atoms with Crippen molar-refractivity contribution < 1.29 is 9.90 Å². The van der Waals surface area contributed by atoms with E-state index in [0.29, 0.717) is 10.9 Å². The lowest BCUT2D eigenvalue weighted by Crippen LogP contribution is -1.99. The molecule has 1 aromatic heterocycles. The molecule has 0 amide bonds. The summed E-state index contributed by atoms with van der Waals surface area (Å²) >= 11 is 1.62. The molecule has 0 radical (unpaired) electrons. The molecule has 1 heterocycles. The molecular weight excluding hydrogens is 246 g/mol. The summed E-state index contributed by atoms with van der Waals surface area (Å²) in [4.78, 5) is 15.7. The van der Waals surface area contributed by atoms with E-state index < -0.39 is 5.97 Å². The number of carboxylic acid groups (broad SMARTS) is 1. The lowest BCUT2D eigenvalue weighted by molar-refractivity contribution is 0.0698. The fourth-order valence-electron chi connectivity index (χ4n) is 1.72. The molecule has 0 bridgehead atoms. The van der Waals surface area contributed by atoms with Gasteiger partial charge in [0.2, 0.25) is 0 Å². The molecule has 0 aliphatic carbocycles. The molecule has 0 spiro atoms. The van der Waals surface area contributed by atoms with Crippen molar-refractivity contribution in [1.29, 1.82) is 0 Å². The predicted octanol–water partition coefficient (Wildman–Crippen LogP) is 3.83. The van der Waals surface area contributed by atoms with E-state index in [1.807, 2.05) is 18.2 Å². The minimum absolute atomic E-state index is 0.333. The molecule has 94 valence electrons. The first-order valence-electron chi connectivity index (χ1n) is 5.98. The summed E-state index contributed by atoms with van der Waals surface area (Å²) < 4.78 is 0. The lowest BCUT2D eigenvalue weighted by Gasteiger charge is -2.06. The van der Waals surface area contributed by atoms with Gasteiger partial charge in [0.05, 0.1) is 16.1 Å². The van der Waals surface area contributed by atoms with Crippen molar-refractivity contribution in [2.75, 3.05) is 5.75 Å². The van der Waals surface area contributed by atoms with Crippen LogP contribution in [-0.4, -0.2) is 21.8 Å². The van der Waals surface area contributed by atoms with Gasteiger partial charge in [0, 0.05) is 5.39 Å². The quantitative estimate of drug-likeness (QED) is 0.656. The van der Waals surface area contributed by atoms with Gasteiger partial charge in [-0.2, -0.15) is 0 Å². The van der Waals surface area contributed by atoms with Gasteiger partial charge in [0.25, 0.3) is 0 Å². The van der Waals surface area contributed by atoms with Crippen molar-refractivity contribution in [1.82, 2.24) is 4.98 Å². The molecule has 0 aliphatic rings. The number of unbranched alkanes of at least 4 members (excludes halogenated alkanes) is 1. The standard InChI is InChI=1S/C14H15NO2S/c1-2-3-8-18-13-9-11(14(16)17)10-6-4-5-7-12(10)15-13/h4-7,9H,2-3,8H2,1H3,(H,16,17). The number of carboxylic acids is 1. The number of para-hydroxylation sites is 1. The Bertz CT molecular complexity index is 569. The number of hydrogen-bond donors (Lipinski definition) is 1. The molecule has 0 atom stereocenters. The van der Waals surface area contributed by atoms with Crippen LogP contribution in [0.5, 0.6) is 0 Å². The molecule has 1 N–H and O–H groups in total. The second kappa shape index (κ2) is 5.87. The highest BCUT2D eigenvalue weighted by atomic mass is 32.2. The zero-order valence-corrected chi connectivity index (χ0v) is 11.0. The highest BCUT2D eigenvalue weighted by Crippen LogP contribution is 2.24. The molecule has 0 unspecified atom stereocenters. The van der Waals surface area contributed by atoms with Gasteiger partial charge in [-0.25, -0.2) is 9.78 Å². The van der Waals surface area contributed by atoms with Crippen LogP contribution in [0.25, 0.3) is 10.9 Å². The van der Waals surface area contributed by atoms with Gasteiger partial charge in [0.15, 0.2) is 0 Å². The van der Waals surface area contributed by atoms with Crippen molar-refractivity contribution in [2.24, 2.45) is 0 Å². The number of carbonyl (C=O) groups is 1. The third kappa shape index (κ3) is 2.82. The third-order valence-corrected chi connectivity index (χ3v) is 3.67. The Morgan fingerprint density at radius 2 is 2.17 bits per heavy atom. The van der Waals surface area contributed by atoms with Crippen LogP contribution in [0, 0.1) is 0 Å². The summed E-state index contributed by atoms with van der Waals surface area (Å²) in [6.45, 7) is 2.14. The van der Waals surface area contributed by atoms with E-state index in [0.717, 1.165) is 29.1 Å². The van der Waals surface area contributed by atoms with Gasteiger partial charge in [-0.1, -0.05) is 31.5 Å². The minimum Gasteiger partial charge on any atom is -0.478 e. The Labute approximate surface area is 110 Å². The number of aromatic nitrogens is 1. The first-order valence-corrected chi connectivity index (χ1v) is 6.97. The average Bonchev–Trinajstić information content (AvgIpc) is 2.38. The molecule has 0 fully saturated rings. The Morgan fingerprint density at radius 3 is 2.89 bits per heavy atom. The number of thioether (sulfide) groups is 1. The normalized spacial score (nSPS) is 10.7. The van der Waals surface area contributed by atoms with Gasteiger partial charge < -0.3 is 5.11 Å². The number of benzene rings is 1. The van der Waals surface area contributed by atoms with E-state index >= 15 is 0 Å². The van der Waals surface area contributed by atoms with E-state index in [2.05, 4.69) is 11.9 Å². The SMILES string of the molecule is CCCCSc1cc(C(=O)O)c2ccccc2n1. The molecule has 0 saturated heterocycles. The molecule has 0 saturated carbocycles. The predicted molar refractivity (Wildman–Crippen MR) is 74.3 cm³/mol. The maximum atomic E-state index is 11.3. The summed E-state index contributed by atoms with van der Waals surface area (Å²) in [5.41, 5.74) is 1.08. The number of nitrogens with zero attached hydrogens (tertiary/aromatic N) is 1. The van der Waals surface area contributed by atoms with Crippen LogP contribution in [0.2, 0.25) is 0 Å². The number of rotatable bonds is 5. The Morgan fingerprint density at radius 1 is 1.39 bits per heavy atom. The van der Waals surface area contributed by atoms with Crippen molar-refractivity contribution in [3.63, 3.8) is 0 Å². The van der Waals surface area contributed by atoms with E-state index in [1.165, 1.54) is 0 Å². The molecule has 18 heavy (non-hydrogen) atoms. The van der Waals surface area contributed by atoms with Gasteiger partial charge in [-0.15, -0.1) is 11.8 Å².